The van der Waals surface area contributed by atoms with Crippen LogP contribution in [0.4, 0.5) is 13.2 Å². The van der Waals surface area contributed by atoms with E-state index in [9.17, 15) is 27.9 Å². The van der Waals surface area contributed by atoms with Crippen molar-refractivity contribution in [1.82, 2.24) is 5.32 Å². The number of halogens is 3. The van der Waals surface area contributed by atoms with Crippen LogP contribution in [0.3, 0.4) is 0 Å². The van der Waals surface area contributed by atoms with Crippen LogP contribution in [0.5, 0.6) is 5.75 Å². The van der Waals surface area contributed by atoms with Crippen molar-refractivity contribution < 1.29 is 32.6 Å². The van der Waals surface area contributed by atoms with E-state index in [4.69, 9.17) is 4.74 Å². The summed E-state index contributed by atoms with van der Waals surface area (Å²) in [6.07, 6.45) is 0. The van der Waals surface area contributed by atoms with E-state index in [0.29, 0.717) is 16.7 Å². The zero-order chi connectivity index (χ0) is 30.5. The molecule has 42 heavy (non-hydrogen) atoms. The summed E-state index contributed by atoms with van der Waals surface area (Å²) >= 11 is 1.24. The molecule has 4 aromatic carbocycles. The van der Waals surface area contributed by atoms with Crippen LogP contribution in [-0.2, 0) is 17.2 Å². The van der Waals surface area contributed by atoms with Gasteiger partial charge >= 0.3 is 11.5 Å². The first kappa shape index (κ1) is 31.3. The van der Waals surface area contributed by atoms with Gasteiger partial charge in [-0.2, -0.15) is 13.2 Å². The molecule has 2 N–H and O–H groups in total. The minimum atomic E-state index is -4.38. The molecule has 220 valence electrons. The van der Waals surface area contributed by atoms with Gasteiger partial charge in [-0.3, -0.25) is 4.79 Å². The summed E-state index contributed by atoms with van der Waals surface area (Å²) in [6.45, 7) is 5.56. The number of nitrogens with one attached hydrogen (secondary N) is 1. The Morgan fingerprint density at radius 1 is 0.929 bits per heavy atom. The van der Waals surface area contributed by atoms with Gasteiger partial charge in [0, 0.05) is 20.8 Å². The molecular weight excluding hydrogens is 583 g/mol. The van der Waals surface area contributed by atoms with Crippen molar-refractivity contribution in [3.63, 3.8) is 0 Å². The predicted octanol–water partition coefficient (Wildman–Crippen LogP) is 8.23. The van der Waals surface area contributed by atoms with Gasteiger partial charge in [-0.05, 0) is 72.8 Å². The van der Waals surface area contributed by atoms with Crippen LogP contribution in [-0.4, -0.2) is 33.3 Å². The molecule has 10 heteroatoms. The quantitative estimate of drug-likeness (QED) is 0.166. The van der Waals surface area contributed by atoms with Crippen LogP contribution >= 0.6 is 23.5 Å². The predicted molar refractivity (Wildman–Crippen MR) is 162 cm³/mol. The number of hydrogen-bond donors (Lipinski definition) is 2. The molecule has 4 aromatic rings. The van der Waals surface area contributed by atoms with Gasteiger partial charge in [0.2, 0.25) is 0 Å². The molecule has 0 fully saturated rings. The lowest BCUT2D eigenvalue weighted by Crippen LogP contribution is -2.52. The maximum absolute atomic E-state index is 13.6. The molecule has 1 atom stereocenters. The van der Waals surface area contributed by atoms with Crippen LogP contribution in [0.2, 0.25) is 0 Å². The molecule has 0 spiro atoms. The number of alkyl halides is 3. The highest BCUT2D eigenvalue weighted by Crippen LogP contribution is 2.37. The molecule has 0 heterocycles. The van der Waals surface area contributed by atoms with Crippen molar-refractivity contribution in [2.75, 3.05) is 0 Å². The molecule has 1 amide bonds. The standard InChI is InChI=1S/C32H30F3NO4S2/c1-20-8-4-5-10-23(20)19-41-31(2,3)28(30(38)39)36-29(37)26-17-14-22-9-6-7-11-25(22)27(26)40-18-21-12-15-24(16-13-21)42-32(33,34)35/h4-17,28H,18-19H2,1-3H3,(H,36,37)(H,38,39)/t28-/m1/s1. The lowest BCUT2D eigenvalue weighted by atomic mass is 10.0. The van der Waals surface area contributed by atoms with E-state index in [2.05, 4.69) is 5.32 Å². The maximum Gasteiger partial charge on any atom is 0.446 e. The number of ether oxygens (including phenoxy) is 1. The minimum absolute atomic E-state index is 0.00855. The number of rotatable bonds is 11. The van der Waals surface area contributed by atoms with E-state index in [1.165, 1.54) is 36.0 Å². The summed E-state index contributed by atoms with van der Waals surface area (Å²) in [5.74, 6) is -0.937. The molecule has 0 aliphatic carbocycles. The normalized spacial score (nSPS) is 12.6. The molecule has 0 saturated carbocycles. The van der Waals surface area contributed by atoms with Crippen molar-refractivity contribution in [3.05, 3.63) is 107 Å². The number of carbonyl (C=O) groups excluding carboxylic acids is 1. The Hall–Kier alpha value is -3.63. The number of carboxylic acids is 1. The highest BCUT2D eigenvalue weighted by Gasteiger charge is 2.38. The topological polar surface area (TPSA) is 75.6 Å². The molecular formula is C32H30F3NO4S2. The molecule has 0 saturated heterocycles. The third-order valence-corrected chi connectivity index (χ3v) is 8.92. The van der Waals surface area contributed by atoms with Crippen LogP contribution in [0, 0.1) is 6.92 Å². The first-order chi connectivity index (χ1) is 19.8. The van der Waals surface area contributed by atoms with Gasteiger partial charge in [-0.15, -0.1) is 11.8 Å². The molecule has 0 unspecified atom stereocenters. The SMILES string of the molecule is Cc1ccccc1CSC(C)(C)[C@H](NC(=O)c1ccc2ccccc2c1OCc1ccc(SC(F)(F)F)cc1)C(=O)O. The average molecular weight is 614 g/mol. The second-order valence-electron chi connectivity index (χ2n) is 10.2. The van der Waals surface area contributed by atoms with Crippen molar-refractivity contribution in [2.24, 2.45) is 0 Å². The van der Waals surface area contributed by atoms with Crippen molar-refractivity contribution in [1.29, 1.82) is 0 Å². The summed E-state index contributed by atoms with van der Waals surface area (Å²) in [5.41, 5.74) is -1.43. The van der Waals surface area contributed by atoms with Gasteiger partial charge in [0.05, 0.1) is 5.56 Å². The van der Waals surface area contributed by atoms with Gasteiger partial charge < -0.3 is 15.2 Å². The zero-order valence-electron chi connectivity index (χ0n) is 23.2. The summed E-state index contributed by atoms with van der Waals surface area (Å²) in [7, 11) is 0. The maximum atomic E-state index is 13.6. The van der Waals surface area contributed by atoms with Gasteiger partial charge in [0.1, 0.15) is 18.4 Å². The monoisotopic (exact) mass is 613 g/mol. The lowest BCUT2D eigenvalue weighted by Gasteiger charge is -2.32. The molecule has 4 rings (SSSR count). The lowest BCUT2D eigenvalue weighted by molar-refractivity contribution is -0.139. The first-order valence-corrected chi connectivity index (χ1v) is 14.9. The van der Waals surface area contributed by atoms with Crippen molar-refractivity contribution in [3.8, 4) is 5.75 Å². The Morgan fingerprint density at radius 3 is 2.26 bits per heavy atom. The van der Waals surface area contributed by atoms with E-state index < -0.39 is 28.2 Å². The molecule has 0 aliphatic heterocycles. The van der Waals surface area contributed by atoms with E-state index in [0.717, 1.165) is 16.5 Å². The number of carbonyl (C=O) groups is 2. The Kier molecular flexibility index (Phi) is 9.78. The molecule has 0 aromatic heterocycles. The highest BCUT2D eigenvalue weighted by atomic mass is 32.2. The van der Waals surface area contributed by atoms with E-state index in [1.807, 2.05) is 43.3 Å². The molecule has 0 bridgehead atoms. The van der Waals surface area contributed by atoms with Gasteiger partial charge in [-0.1, -0.05) is 66.7 Å². The van der Waals surface area contributed by atoms with Crippen molar-refractivity contribution >= 4 is 46.2 Å². The first-order valence-electron chi connectivity index (χ1n) is 13.1. The highest BCUT2D eigenvalue weighted by molar-refractivity contribution is 8.00. The summed E-state index contributed by atoms with van der Waals surface area (Å²) < 4.78 is 43.3. The Balaban J connectivity index is 1.56. The Labute approximate surface area is 250 Å². The minimum Gasteiger partial charge on any atom is -0.487 e. The third-order valence-electron chi connectivity index (χ3n) is 6.74. The number of carboxylic acid groups (broad SMARTS) is 1. The third kappa shape index (κ3) is 8.01. The number of hydrogen-bond acceptors (Lipinski definition) is 5. The molecule has 5 nitrogen and oxygen atoms in total. The van der Waals surface area contributed by atoms with Gasteiger partial charge in [0.25, 0.3) is 5.91 Å². The largest absolute Gasteiger partial charge is 0.487 e. The fourth-order valence-electron chi connectivity index (χ4n) is 4.38. The Morgan fingerprint density at radius 2 is 1.60 bits per heavy atom. The number of amides is 1. The number of fused-ring (bicyclic) bond motifs is 1. The smallest absolute Gasteiger partial charge is 0.446 e. The fraction of sp³-hybridized carbons (Fsp3) is 0.250. The van der Waals surface area contributed by atoms with Gasteiger partial charge in [-0.25, -0.2) is 4.79 Å². The summed E-state index contributed by atoms with van der Waals surface area (Å²) in [6, 6.07) is 23.1. The van der Waals surface area contributed by atoms with Crippen molar-refractivity contribution in [2.45, 2.75) is 54.3 Å². The number of benzene rings is 4. The average Bonchev–Trinajstić information content (AvgIpc) is 2.93. The van der Waals surface area contributed by atoms with E-state index in [-0.39, 0.29) is 34.6 Å². The van der Waals surface area contributed by atoms with Crippen LogP contribution in [0.15, 0.2) is 89.8 Å². The number of aryl methyl sites for hydroxylation is 1. The van der Waals surface area contributed by atoms with Gasteiger partial charge in [0.15, 0.2) is 0 Å². The zero-order valence-corrected chi connectivity index (χ0v) is 24.8. The second kappa shape index (κ2) is 13.1. The van der Waals surface area contributed by atoms with E-state index in [1.54, 1.807) is 38.1 Å². The van der Waals surface area contributed by atoms with Crippen LogP contribution < -0.4 is 10.1 Å². The number of thioether (sulfide) groups is 2. The molecule has 0 radical (unpaired) electrons. The fourth-order valence-corrected chi connectivity index (χ4v) is 6.10. The molecule has 0 aliphatic rings. The van der Waals surface area contributed by atoms with Crippen LogP contribution in [0.1, 0.15) is 40.9 Å². The second-order valence-corrected chi connectivity index (χ2v) is 13.0. The summed E-state index contributed by atoms with van der Waals surface area (Å²) in [4.78, 5) is 26.1. The number of aliphatic carboxylic acids is 1. The van der Waals surface area contributed by atoms with Crippen LogP contribution in [0.25, 0.3) is 10.8 Å². The van der Waals surface area contributed by atoms with E-state index >= 15 is 0 Å². The summed E-state index contributed by atoms with van der Waals surface area (Å²) in [5, 5.41) is 14.3. The Bertz CT molecular complexity index is 1570.